The molecule has 0 aliphatic rings. The Morgan fingerprint density at radius 2 is 1.95 bits per heavy atom. The summed E-state index contributed by atoms with van der Waals surface area (Å²) in [7, 11) is -1.47. The van der Waals surface area contributed by atoms with Crippen LogP contribution in [0.1, 0.15) is 15.9 Å². The average Bonchev–Trinajstić information content (AvgIpc) is 2.44. The fraction of sp³-hybridized carbons (Fsp3) is 0.0714. The van der Waals surface area contributed by atoms with Crippen molar-refractivity contribution in [3.05, 3.63) is 62.3 Å². The zero-order valence-electron chi connectivity index (χ0n) is 10.5. The number of carboxylic acids is 1. The van der Waals surface area contributed by atoms with E-state index in [0.717, 1.165) is 0 Å². The number of hydrogen-bond donors (Lipinski definition) is 1. The van der Waals surface area contributed by atoms with E-state index in [1.165, 1.54) is 24.3 Å². The fourth-order valence-electron chi connectivity index (χ4n) is 1.69. The zero-order valence-corrected chi connectivity index (χ0v) is 14.5. The molecule has 0 radical (unpaired) electrons. The Morgan fingerprint density at radius 1 is 1.24 bits per heavy atom. The lowest BCUT2D eigenvalue weighted by atomic mass is 10.2. The first-order valence-corrected chi connectivity index (χ1v) is 8.64. The molecule has 0 aliphatic carbocycles. The third-order valence-corrected chi connectivity index (χ3v) is 5.68. The smallest absolute Gasteiger partial charge is 0.336 e. The van der Waals surface area contributed by atoms with Gasteiger partial charge >= 0.3 is 5.97 Å². The van der Waals surface area contributed by atoms with Gasteiger partial charge in [-0.1, -0.05) is 12.1 Å². The minimum atomic E-state index is -1.47. The molecule has 0 aliphatic heterocycles. The first-order chi connectivity index (χ1) is 9.90. The molecule has 0 bridgehead atoms. The van der Waals surface area contributed by atoms with Gasteiger partial charge < -0.3 is 5.11 Å². The number of aromatic carboxylic acids is 1. The second-order valence-electron chi connectivity index (χ2n) is 4.15. The topological polar surface area (TPSA) is 54.4 Å². The van der Waals surface area contributed by atoms with E-state index in [-0.39, 0.29) is 15.8 Å². The molecule has 110 valence electrons. The molecule has 0 spiro atoms. The predicted octanol–water partition coefficient (Wildman–Crippen LogP) is 4.36. The third-order valence-electron chi connectivity index (χ3n) is 2.75. The van der Waals surface area contributed by atoms with E-state index >= 15 is 0 Å². The molecule has 0 amide bonds. The molecule has 3 nitrogen and oxygen atoms in total. The first-order valence-electron chi connectivity index (χ1n) is 5.74. The molecule has 1 unspecified atom stereocenters. The van der Waals surface area contributed by atoms with Crippen LogP contribution in [0.4, 0.5) is 4.39 Å². The van der Waals surface area contributed by atoms with Gasteiger partial charge in [-0.25, -0.2) is 9.18 Å². The zero-order chi connectivity index (χ0) is 15.6. The van der Waals surface area contributed by atoms with Crippen LogP contribution in [0.2, 0.25) is 0 Å². The minimum absolute atomic E-state index is 0.0409. The Kier molecular flexibility index (Phi) is 5.29. The number of carbonyl (C=O) groups is 1. The second-order valence-corrected chi connectivity index (χ2v) is 7.25. The summed E-state index contributed by atoms with van der Waals surface area (Å²) in [6.07, 6.45) is 0. The van der Waals surface area contributed by atoms with Crippen molar-refractivity contribution >= 4 is 48.6 Å². The molecule has 2 aromatic carbocycles. The average molecular weight is 436 g/mol. The Hall–Kier alpha value is -1.05. The summed E-state index contributed by atoms with van der Waals surface area (Å²) in [6.45, 7) is 0. The summed E-state index contributed by atoms with van der Waals surface area (Å²) in [5, 5.41) is 9.06. The van der Waals surface area contributed by atoms with Crippen LogP contribution in [0.3, 0.4) is 0 Å². The van der Waals surface area contributed by atoms with Crippen LogP contribution in [0.5, 0.6) is 0 Å². The minimum Gasteiger partial charge on any atom is -0.478 e. The second kappa shape index (κ2) is 6.81. The summed E-state index contributed by atoms with van der Waals surface area (Å²) in [5.74, 6) is -1.43. The third kappa shape index (κ3) is 3.78. The van der Waals surface area contributed by atoms with Gasteiger partial charge in [0.25, 0.3) is 0 Å². The summed E-state index contributed by atoms with van der Waals surface area (Å²) in [6, 6.07) is 8.99. The number of benzene rings is 2. The largest absolute Gasteiger partial charge is 0.478 e. The predicted molar refractivity (Wildman–Crippen MR) is 85.3 cm³/mol. The van der Waals surface area contributed by atoms with Gasteiger partial charge in [0.2, 0.25) is 0 Å². The number of halogens is 3. The van der Waals surface area contributed by atoms with Crippen LogP contribution >= 0.6 is 31.9 Å². The molecule has 21 heavy (non-hydrogen) atoms. The van der Waals surface area contributed by atoms with E-state index in [9.17, 15) is 13.4 Å². The van der Waals surface area contributed by atoms with Gasteiger partial charge in [0.15, 0.2) is 0 Å². The molecular formula is C14H9Br2FO3S. The van der Waals surface area contributed by atoms with Gasteiger partial charge in [-0.05, 0) is 61.7 Å². The van der Waals surface area contributed by atoms with Crippen molar-refractivity contribution in [1.82, 2.24) is 0 Å². The molecule has 2 aromatic rings. The molecule has 0 saturated heterocycles. The van der Waals surface area contributed by atoms with E-state index in [2.05, 4.69) is 31.9 Å². The first kappa shape index (κ1) is 16.3. The van der Waals surface area contributed by atoms with E-state index in [4.69, 9.17) is 5.11 Å². The number of rotatable bonds is 4. The molecular weight excluding hydrogens is 427 g/mol. The highest BCUT2D eigenvalue weighted by Gasteiger charge is 2.14. The summed E-state index contributed by atoms with van der Waals surface area (Å²) in [4.78, 5) is 11.4. The van der Waals surface area contributed by atoms with Crippen LogP contribution in [-0.4, -0.2) is 15.3 Å². The van der Waals surface area contributed by atoms with Gasteiger partial charge in [-0.3, -0.25) is 4.21 Å². The Bertz CT molecular complexity index is 734. The van der Waals surface area contributed by atoms with Crippen LogP contribution in [0.15, 0.2) is 50.2 Å². The fourth-order valence-corrected chi connectivity index (χ4v) is 3.86. The lowest BCUT2D eigenvalue weighted by Gasteiger charge is -2.07. The van der Waals surface area contributed by atoms with Gasteiger partial charge in [-0.2, -0.15) is 0 Å². The van der Waals surface area contributed by atoms with Crippen molar-refractivity contribution in [2.24, 2.45) is 0 Å². The molecule has 0 saturated carbocycles. The van der Waals surface area contributed by atoms with Gasteiger partial charge in [-0.15, -0.1) is 0 Å². The normalized spacial score (nSPS) is 12.1. The van der Waals surface area contributed by atoms with Gasteiger partial charge in [0, 0.05) is 9.37 Å². The van der Waals surface area contributed by atoms with E-state index < -0.39 is 22.6 Å². The van der Waals surface area contributed by atoms with Crippen molar-refractivity contribution < 1.29 is 18.5 Å². The maximum Gasteiger partial charge on any atom is 0.336 e. The summed E-state index contributed by atoms with van der Waals surface area (Å²) >= 11 is 6.25. The standard InChI is InChI=1S/C14H9Br2FO3S/c15-11-5-4-9(6-10(11)14(18)19)21(20)7-8-2-1-3-12(17)13(8)16/h1-6H,7H2,(H,18,19). The molecule has 1 N–H and O–H groups in total. The highest BCUT2D eigenvalue weighted by atomic mass is 79.9. The molecule has 0 heterocycles. The lowest BCUT2D eigenvalue weighted by molar-refractivity contribution is 0.0695. The van der Waals surface area contributed by atoms with E-state index in [0.29, 0.717) is 14.9 Å². The molecule has 2 rings (SSSR count). The van der Waals surface area contributed by atoms with Crippen LogP contribution in [0.25, 0.3) is 0 Å². The van der Waals surface area contributed by atoms with Crippen LogP contribution in [-0.2, 0) is 16.6 Å². The van der Waals surface area contributed by atoms with Crippen molar-refractivity contribution in [3.8, 4) is 0 Å². The van der Waals surface area contributed by atoms with Crippen molar-refractivity contribution in [2.75, 3.05) is 0 Å². The monoisotopic (exact) mass is 434 g/mol. The number of hydrogen-bond acceptors (Lipinski definition) is 2. The quantitative estimate of drug-likeness (QED) is 0.776. The maximum atomic E-state index is 13.4. The Morgan fingerprint density at radius 3 is 2.62 bits per heavy atom. The molecule has 1 atom stereocenters. The Labute approximate surface area is 139 Å². The summed E-state index contributed by atoms with van der Waals surface area (Å²) in [5.41, 5.74) is 0.604. The SMILES string of the molecule is O=C(O)c1cc(S(=O)Cc2cccc(F)c2Br)ccc1Br. The van der Waals surface area contributed by atoms with Crippen LogP contribution in [0, 0.1) is 5.82 Å². The maximum absolute atomic E-state index is 13.4. The van der Waals surface area contributed by atoms with Crippen molar-refractivity contribution in [1.29, 1.82) is 0 Å². The van der Waals surface area contributed by atoms with Crippen molar-refractivity contribution in [3.63, 3.8) is 0 Å². The Balaban J connectivity index is 2.31. The highest BCUT2D eigenvalue weighted by molar-refractivity contribution is 9.10. The molecule has 0 fully saturated rings. The van der Waals surface area contributed by atoms with Gasteiger partial charge in [0.1, 0.15) is 5.82 Å². The number of carboxylic acid groups (broad SMARTS) is 1. The summed E-state index contributed by atoms with van der Waals surface area (Å²) < 4.78 is 26.4. The highest BCUT2D eigenvalue weighted by Crippen LogP contribution is 2.25. The van der Waals surface area contributed by atoms with E-state index in [1.807, 2.05) is 0 Å². The lowest BCUT2D eigenvalue weighted by Crippen LogP contribution is -2.02. The van der Waals surface area contributed by atoms with Crippen LogP contribution < -0.4 is 0 Å². The molecule has 0 aromatic heterocycles. The van der Waals surface area contributed by atoms with Crippen molar-refractivity contribution in [2.45, 2.75) is 10.6 Å². The van der Waals surface area contributed by atoms with Gasteiger partial charge in [0.05, 0.1) is 26.6 Å². The molecule has 7 heteroatoms. The van der Waals surface area contributed by atoms with E-state index in [1.54, 1.807) is 12.1 Å².